The topological polar surface area (TPSA) is 29.5 Å². The monoisotopic (exact) mass is 733 g/mol. The van der Waals surface area contributed by atoms with Gasteiger partial charge in [0.2, 0.25) is 0 Å². The van der Waals surface area contributed by atoms with Crippen LogP contribution >= 0.6 is 11.3 Å². The first-order valence-electron chi connectivity index (χ1n) is 18.9. The molecule has 0 saturated carbocycles. The Morgan fingerprint density at radius 3 is 1.86 bits per heavy atom. The van der Waals surface area contributed by atoms with Gasteiger partial charge < -0.3 is 13.7 Å². The van der Waals surface area contributed by atoms with E-state index in [2.05, 4.69) is 181 Å². The maximum atomic E-state index is 6.71. The lowest BCUT2D eigenvalue weighted by Gasteiger charge is -2.26. The van der Waals surface area contributed by atoms with E-state index < -0.39 is 0 Å². The van der Waals surface area contributed by atoms with Gasteiger partial charge in [0.1, 0.15) is 22.3 Å². The van der Waals surface area contributed by atoms with E-state index in [1.165, 1.54) is 36.7 Å². The second kappa shape index (κ2) is 12.2. The average Bonchev–Trinajstić information content (AvgIpc) is 3.96. The lowest BCUT2D eigenvalue weighted by atomic mass is 10.0. The van der Waals surface area contributed by atoms with E-state index in [4.69, 9.17) is 8.83 Å². The summed E-state index contributed by atoms with van der Waals surface area (Å²) in [5, 5.41) is 9.38. The van der Waals surface area contributed by atoms with Gasteiger partial charge >= 0.3 is 0 Å². The fraction of sp³-hybridized carbons (Fsp3) is 0. The van der Waals surface area contributed by atoms with Gasteiger partial charge in [-0.05, 0) is 82.7 Å². The summed E-state index contributed by atoms with van der Waals surface area (Å²) in [5.41, 5.74) is 11.3. The van der Waals surface area contributed by atoms with Crippen molar-refractivity contribution in [3.8, 4) is 22.3 Å². The SMILES string of the molecule is c1ccc2c(c1)ccc1c3cccc(-c4ccc(N(c5ccc(-c6ccc7c(c6)sc6ccccc67)cc5)c5cccc6oc7ccccc7c56)cc4)c3oc21. The number of fused-ring (bicyclic) bond motifs is 11. The molecule has 0 fully saturated rings. The van der Waals surface area contributed by atoms with E-state index in [9.17, 15) is 0 Å². The highest BCUT2D eigenvalue weighted by molar-refractivity contribution is 7.25. The summed E-state index contributed by atoms with van der Waals surface area (Å²) in [7, 11) is 0. The second-order valence-electron chi connectivity index (χ2n) is 14.4. The lowest BCUT2D eigenvalue weighted by Crippen LogP contribution is -2.10. The smallest absolute Gasteiger partial charge is 0.143 e. The Labute approximate surface area is 325 Å². The van der Waals surface area contributed by atoms with Crippen LogP contribution in [0.2, 0.25) is 0 Å². The number of hydrogen-bond donors (Lipinski definition) is 0. The molecular weight excluding hydrogens is 703 g/mol. The number of benzene rings is 9. The summed E-state index contributed by atoms with van der Waals surface area (Å²) in [4.78, 5) is 2.35. The van der Waals surface area contributed by atoms with Crippen molar-refractivity contribution < 1.29 is 8.83 Å². The molecule has 3 nitrogen and oxygen atoms in total. The Morgan fingerprint density at radius 2 is 1.00 bits per heavy atom. The predicted octanol–water partition coefficient (Wildman–Crippen LogP) is 15.8. The molecule has 262 valence electrons. The largest absolute Gasteiger partial charge is 0.456 e. The Bertz CT molecular complexity index is 3480. The van der Waals surface area contributed by atoms with Gasteiger partial charge in [-0.25, -0.2) is 0 Å². The molecule has 0 atom stereocenters. The van der Waals surface area contributed by atoms with Gasteiger partial charge in [0.05, 0.1) is 11.1 Å². The Balaban J connectivity index is 0.988. The molecule has 0 aliphatic heterocycles. The molecule has 12 aromatic rings. The van der Waals surface area contributed by atoms with Gasteiger partial charge in [0, 0.05) is 58.7 Å². The van der Waals surface area contributed by atoms with E-state index in [0.29, 0.717) is 0 Å². The average molecular weight is 734 g/mol. The molecular formula is C52H31NO2S. The van der Waals surface area contributed by atoms with Gasteiger partial charge in [0.15, 0.2) is 0 Å². The number of nitrogens with zero attached hydrogens (tertiary/aromatic N) is 1. The molecule has 3 heterocycles. The van der Waals surface area contributed by atoms with E-state index in [1.54, 1.807) is 0 Å². The summed E-state index contributed by atoms with van der Waals surface area (Å²) < 4.78 is 15.7. The quantitative estimate of drug-likeness (QED) is 0.176. The van der Waals surface area contributed by atoms with Gasteiger partial charge in [0.25, 0.3) is 0 Å². The van der Waals surface area contributed by atoms with Crippen molar-refractivity contribution in [1.29, 1.82) is 0 Å². The molecule has 0 amide bonds. The first kappa shape index (κ1) is 31.2. The van der Waals surface area contributed by atoms with Crippen LogP contribution < -0.4 is 4.90 Å². The van der Waals surface area contributed by atoms with Crippen molar-refractivity contribution in [3.63, 3.8) is 0 Å². The third-order valence-corrected chi connectivity index (χ3v) is 12.4. The van der Waals surface area contributed by atoms with Crippen molar-refractivity contribution in [3.05, 3.63) is 188 Å². The standard InChI is InChI=1S/C52H31NO2S/c1-2-10-38-33(9-1)23-30-43-42-14-7-13-39(51(42)55-52(38)43)34-21-27-37(28-22-34)53(45-15-8-17-47-50(45)44-12-3-5-16-46(44)54-47)36-25-19-32(20-26-36)35-24-29-41-40-11-4-6-18-48(40)56-49(41)31-35/h1-31H. The Morgan fingerprint density at radius 1 is 0.375 bits per heavy atom. The molecule has 9 aromatic carbocycles. The van der Waals surface area contributed by atoms with Crippen molar-refractivity contribution in [1.82, 2.24) is 0 Å². The summed E-state index contributed by atoms with van der Waals surface area (Å²) in [6.45, 7) is 0. The van der Waals surface area contributed by atoms with Crippen molar-refractivity contribution in [2.75, 3.05) is 4.90 Å². The van der Waals surface area contributed by atoms with E-state index in [0.717, 1.165) is 77.5 Å². The van der Waals surface area contributed by atoms with Crippen LogP contribution in [-0.4, -0.2) is 0 Å². The van der Waals surface area contributed by atoms with Crippen LogP contribution in [0.5, 0.6) is 0 Å². The first-order chi connectivity index (χ1) is 27.7. The highest BCUT2D eigenvalue weighted by Gasteiger charge is 2.21. The van der Waals surface area contributed by atoms with E-state index >= 15 is 0 Å². The molecule has 0 saturated heterocycles. The van der Waals surface area contributed by atoms with Crippen LogP contribution in [0.4, 0.5) is 17.1 Å². The third kappa shape index (κ3) is 4.76. The van der Waals surface area contributed by atoms with Gasteiger partial charge in [-0.1, -0.05) is 127 Å². The van der Waals surface area contributed by atoms with Crippen molar-refractivity contribution in [2.24, 2.45) is 0 Å². The molecule has 56 heavy (non-hydrogen) atoms. The van der Waals surface area contributed by atoms with Gasteiger partial charge in [-0.15, -0.1) is 11.3 Å². The number of anilines is 3. The molecule has 0 unspecified atom stereocenters. The first-order valence-corrected chi connectivity index (χ1v) is 19.7. The molecule has 0 aliphatic carbocycles. The number of thiophene rings is 1. The summed E-state index contributed by atoms with van der Waals surface area (Å²) >= 11 is 1.85. The normalized spacial score (nSPS) is 11.9. The number of rotatable bonds is 5. The summed E-state index contributed by atoms with van der Waals surface area (Å²) in [5.74, 6) is 0. The molecule has 0 bridgehead atoms. The van der Waals surface area contributed by atoms with Crippen molar-refractivity contribution >= 4 is 103 Å². The van der Waals surface area contributed by atoms with Gasteiger partial charge in [-0.2, -0.15) is 0 Å². The van der Waals surface area contributed by atoms with Crippen LogP contribution in [0.25, 0.3) is 97.1 Å². The Hall–Kier alpha value is -7.14. The van der Waals surface area contributed by atoms with Crippen molar-refractivity contribution in [2.45, 2.75) is 0 Å². The Kier molecular flexibility index (Phi) is 6.80. The maximum Gasteiger partial charge on any atom is 0.143 e. The fourth-order valence-electron chi connectivity index (χ4n) is 8.62. The van der Waals surface area contributed by atoms with Crippen LogP contribution in [0.15, 0.2) is 197 Å². The van der Waals surface area contributed by atoms with Crippen LogP contribution in [0.1, 0.15) is 0 Å². The molecule has 0 N–H and O–H groups in total. The highest BCUT2D eigenvalue weighted by atomic mass is 32.1. The minimum absolute atomic E-state index is 0.864. The summed E-state index contributed by atoms with van der Waals surface area (Å²) in [6.07, 6.45) is 0. The lowest BCUT2D eigenvalue weighted by molar-refractivity contribution is 0.669. The maximum absolute atomic E-state index is 6.71. The van der Waals surface area contributed by atoms with Crippen LogP contribution in [0, 0.1) is 0 Å². The zero-order valence-corrected chi connectivity index (χ0v) is 30.9. The molecule has 12 rings (SSSR count). The highest BCUT2D eigenvalue weighted by Crippen LogP contribution is 2.45. The molecule has 3 aromatic heterocycles. The van der Waals surface area contributed by atoms with E-state index in [1.807, 2.05) is 23.5 Å². The number of para-hydroxylation sites is 2. The molecule has 0 aliphatic rings. The fourth-order valence-corrected chi connectivity index (χ4v) is 9.77. The zero-order valence-electron chi connectivity index (χ0n) is 30.1. The molecule has 4 heteroatoms. The van der Waals surface area contributed by atoms with Crippen LogP contribution in [0.3, 0.4) is 0 Å². The summed E-state index contributed by atoms with van der Waals surface area (Å²) in [6, 6.07) is 67.2. The molecule has 0 spiro atoms. The number of furan rings is 2. The van der Waals surface area contributed by atoms with Gasteiger partial charge in [-0.3, -0.25) is 0 Å². The predicted molar refractivity (Wildman–Crippen MR) is 237 cm³/mol. The third-order valence-electron chi connectivity index (χ3n) is 11.3. The zero-order chi connectivity index (χ0) is 36.7. The van der Waals surface area contributed by atoms with Crippen LogP contribution in [-0.2, 0) is 0 Å². The van der Waals surface area contributed by atoms with E-state index in [-0.39, 0.29) is 0 Å². The number of hydrogen-bond acceptors (Lipinski definition) is 4. The minimum Gasteiger partial charge on any atom is -0.456 e. The minimum atomic E-state index is 0.864. The second-order valence-corrected chi connectivity index (χ2v) is 15.5. The molecule has 0 radical (unpaired) electrons.